The highest BCUT2D eigenvalue weighted by Gasteiger charge is 1.98. The quantitative estimate of drug-likeness (QED) is 0.863. The average molecular weight is 268 g/mol. The molecule has 1 heterocycles. The average Bonchev–Trinajstić information content (AvgIpc) is 2.92. The zero-order valence-electron chi connectivity index (χ0n) is 10.2. The zero-order valence-corrected chi connectivity index (χ0v) is 11.0. The van der Waals surface area contributed by atoms with Crippen LogP contribution in [0, 0.1) is 11.3 Å². The van der Waals surface area contributed by atoms with Gasteiger partial charge in [0.05, 0.1) is 12.5 Å². The number of carbonyl (C=O) groups excluding carboxylic acids is 1. The van der Waals surface area contributed by atoms with Crippen LogP contribution in [0.5, 0.6) is 0 Å². The second-order valence-corrected chi connectivity index (χ2v) is 4.69. The molecule has 1 aromatic carbocycles. The van der Waals surface area contributed by atoms with Crippen molar-refractivity contribution in [2.24, 2.45) is 0 Å². The van der Waals surface area contributed by atoms with E-state index in [0.717, 1.165) is 16.8 Å². The fourth-order valence-electron chi connectivity index (χ4n) is 1.52. The second kappa shape index (κ2) is 6.53. The first-order chi connectivity index (χ1) is 9.28. The van der Waals surface area contributed by atoms with E-state index < -0.39 is 0 Å². The molecular weight excluding hydrogens is 256 g/mol. The van der Waals surface area contributed by atoms with Crippen molar-refractivity contribution in [1.29, 1.82) is 5.26 Å². The number of rotatable bonds is 4. The predicted molar refractivity (Wildman–Crippen MR) is 77.7 cm³/mol. The summed E-state index contributed by atoms with van der Waals surface area (Å²) in [5.74, 6) is -0.167. The van der Waals surface area contributed by atoms with Gasteiger partial charge in [-0.15, -0.1) is 0 Å². The number of hydrogen-bond donors (Lipinski definition) is 1. The molecule has 0 saturated heterocycles. The minimum atomic E-state index is -0.167. The van der Waals surface area contributed by atoms with Gasteiger partial charge in [-0.05, 0) is 46.2 Å². The van der Waals surface area contributed by atoms with Crippen molar-refractivity contribution in [2.75, 3.05) is 5.32 Å². The molecule has 1 aromatic heterocycles. The van der Waals surface area contributed by atoms with Gasteiger partial charge in [-0.25, -0.2) is 0 Å². The number of hydrogen-bond acceptors (Lipinski definition) is 3. The maximum absolute atomic E-state index is 11.7. The van der Waals surface area contributed by atoms with Crippen molar-refractivity contribution in [3.63, 3.8) is 0 Å². The van der Waals surface area contributed by atoms with Crippen molar-refractivity contribution in [1.82, 2.24) is 0 Å². The maximum atomic E-state index is 11.7. The Hall–Kier alpha value is -2.38. The summed E-state index contributed by atoms with van der Waals surface area (Å²) in [7, 11) is 0. The van der Waals surface area contributed by atoms with E-state index in [2.05, 4.69) is 11.4 Å². The molecule has 19 heavy (non-hydrogen) atoms. The Labute approximate surface area is 115 Å². The summed E-state index contributed by atoms with van der Waals surface area (Å²) in [6, 6.07) is 11.3. The molecule has 2 rings (SSSR count). The summed E-state index contributed by atoms with van der Waals surface area (Å²) in [5.41, 5.74) is 2.68. The Morgan fingerprint density at radius 1 is 1.32 bits per heavy atom. The van der Waals surface area contributed by atoms with Crippen LogP contribution in [0.1, 0.15) is 11.1 Å². The lowest BCUT2D eigenvalue weighted by Crippen LogP contribution is -2.07. The first kappa shape index (κ1) is 13.1. The van der Waals surface area contributed by atoms with Crippen molar-refractivity contribution >= 4 is 29.0 Å². The van der Waals surface area contributed by atoms with E-state index in [4.69, 9.17) is 5.26 Å². The topological polar surface area (TPSA) is 52.9 Å². The Morgan fingerprint density at radius 2 is 2.11 bits per heavy atom. The van der Waals surface area contributed by atoms with Crippen LogP contribution in [-0.4, -0.2) is 5.91 Å². The number of benzene rings is 1. The van der Waals surface area contributed by atoms with Gasteiger partial charge in [0.1, 0.15) is 0 Å². The van der Waals surface area contributed by atoms with Crippen molar-refractivity contribution in [3.8, 4) is 6.07 Å². The van der Waals surface area contributed by atoms with Gasteiger partial charge in [0.25, 0.3) is 0 Å². The number of nitriles is 1. The van der Waals surface area contributed by atoms with E-state index in [-0.39, 0.29) is 5.91 Å². The number of anilines is 1. The Bertz CT molecular complexity index is 607. The molecule has 2 aromatic rings. The SMILES string of the molecule is N#CCc1ccc(NC(=O)/C=C/c2ccsc2)cc1. The Kier molecular flexibility index (Phi) is 4.49. The van der Waals surface area contributed by atoms with Gasteiger partial charge in [-0.3, -0.25) is 4.79 Å². The van der Waals surface area contributed by atoms with Gasteiger partial charge in [0.2, 0.25) is 5.91 Å². The van der Waals surface area contributed by atoms with Crippen LogP contribution >= 0.6 is 11.3 Å². The largest absolute Gasteiger partial charge is 0.323 e. The standard InChI is InChI=1S/C15H12N2OS/c16-9-7-12-1-4-14(5-2-12)17-15(18)6-3-13-8-10-19-11-13/h1-6,8,10-11H,7H2,(H,17,18)/b6-3+. The number of thiophene rings is 1. The third-order valence-electron chi connectivity index (χ3n) is 2.47. The summed E-state index contributed by atoms with van der Waals surface area (Å²) < 4.78 is 0. The summed E-state index contributed by atoms with van der Waals surface area (Å²) >= 11 is 1.59. The molecule has 0 radical (unpaired) electrons. The van der Waals surface area contributed by atoms with Gasteiger partial charge in [-0.1, -0.05) is 12.1 Å². The fourth-order valence-corrected chi connectivity index (χ4v) is 2.15. The normalized spacial score (nSPS) is 10.3. The minimum Gasteiger partial charge on any atom is -0.323 e. The highest BCUT2D eigenvalue weighted by Crippen LogP contribution is 2.11. The van der Waals surface area contributed by atoms with Crippen molar-refractivity contribution in [2.45, 2.75) is 6.42 Å². The monoisotopic (exact) mass is 268 g/mol. The van der Waals surface area contributed by atoms with Gasteiger partial charge in [0.15, 0.2) is 0 Å². The second-order valence-electron chi connectivity index (χ2n) is 3.91. The molecule has 0 aliphatic carbocycles. The van der Waals surface area contributed by atoms with Gasteiger partial charge in [-0.2, -0.15) is 16.6 Å². The van der Waals surface area contributed by atoms with Gasteiger partial charge < -0.3 is 5.32 Å². The zero-order chi connectivity index (χ0) is 13.5. The van der Waals surface area contributed by atoms with E-state index >= 15 is 0 Å². The molecule has 0 fully saturated rings. The van der Waals surface area contributed by atoms with Crippen LogP contribution in [0.3, 0.4) is 0 Å². The number of nitrogens with zero attached hydrogens (tertiary/aromatic N) is 1. The van der Waals surface area contributed by atoms with E-state index in [0.29, 0.717) is 6.42 Å². The lowest BCUT2D eigenvalue weighted by molar-refractivity contribution is -0.111. The molecule has 3 nitrogen and oxygen atoms in total. The molecule has 1 N–H and O–H groups in total. The lowest BCUT2D eigenvalue weighted by atomic mass is 10.1. The Morgan fingerprint density at radius 3 is 2.74 bits per heavy atom. The molecule has 0 atom stereocenters. The number of amides is 1. The molecule has 0 aliphatic rings. The van der Waals surface area contributed by atoms with Crippen LogP contribution in [0.15, 0.2) is 47.2 Å². The molecule has 0 aliphatic heterocycles. The van der Waals surface area contributed by atoms with Crippen LogP contribution in [0.4, 0.5) is 5.69 Å². The highest BCUT2D eigenvalue weighted by molar-refractivity contribution is 7.08. The molecule has 0 unspecified atom stereocenters. The van der Waals surface area contributed by atoms with Crippen LogP contribution in [-0.2, 0) is 11.2 Å². The van der Waals surface area contributed by atoms with E-state index in [1.807, 2.05) is 29.0 Å². The summed E-state index contributed by atoms with van der Waals surface area (Å²) in [6.07, 6.45) is 3.66. The molecule has 94 valence electrons. The van der Waals surface area contributed by atoms with Gasteiger partial charge in [0, 0.05) is 11.8 Å². The van der Waals surface area contributed by atoms with Crippen LogP contribution < -0.4 is 5.32 Å². The molecular formula is C15H12N2OS. The molecule has 0 saturated carbocycles. The first-order valence-electron chi connectivity index (χ1n) is 5.75. The van der Waals surface area contributed by atoms with Gasteiger partial charge >= 0.3 is 0 Å². The fraction of sp³-hybridized carbons (Fsp3) is 0.0667. The maximum Gasteiger partial charge on any atom is 0.248 e. The molecule has 0 bridgehead atoms. The van der Waals surface area contributed by atoms with E-state index in [9.17, 15) is 4.79 Å². The van der Waals surface area contributed by atoms with Crippen LogP contribution in [0.2, 0.25) is 0 Å². The van der Waals surface area contributed by atoms with E-state index in [1.54, 1.807) is 29.5 Å². The smallest absolute Gasteiger partial charge is 0.248 e. The van der Waals surface area contributed by atoms with Crippen molar-refractivity contribution < 1.29 is 4.79 Å². The molecule has 0 spiro atoms. The third kappa shape index (κ3) is 4.09. The first-order valence-corrected chi connectivity index (χ1v) is 6.69. The molecule has 1 amide bonds. The van der Waals surface area contributed by atoms with Crippen molar-refractivity contribution in [3.05, 3.63) is 58.3 Å². The minimum absolute atomic E-state index is 0.167. The summed E-state index contributed by atoms with van der Waals surface area (Å²) in [5, 5.41) is 15.3. The third-order valence-corrected chi connectivity index (χ3v) is 3.18. The van der Waals surface area contributed by atoms with Crippen LogP contribution in [0.25, 0.3) is 6.08 Å². The lowest BCUT2D eigenvalue weighted by Gasteiger charge is -2.02. The number of carbonyl (C=O) groups is 1. The molecule has 4 heteroatoms. The van der Waals surface area contributed by atoms with E-state index in [1.165, 1.54) is 6.08 Å². The number of nitrogens with one attached hydrogen (secondary N) is 1. The predicted octanol–water partition coefficient (Wildman–Crippen LogP) is 3.47. The summed E-state index contributed by atoms with van der Waals surface area (Å²) in [6.45, 7) is 0. The highest BCUT2D eigenvalue weighted by atomic mass is 32.1. The summed E-state index contributed by atoms with van der Waals surface area (Å²) in [4.78, 5) is 11.7. The Balaban J connectivity index is 1.93.